The van der Waals surface area contributed by atoms with Gasteiger partial charge in [0, 0.05) is 6.04 Å². The maximum absolute atomic E-state index is 13.2. The molecule has 0 aromatic heterocycles. The van der Waals surface area contributed by atoms with Crippen LogP contribution in [0.1, 0.15) is 18.5 Å². The summed E-state index contributed by atoms with van der Waals surface area (Å²) in [4.78, 5) is -0.0684. The first-order valence-corrected chi connectivity index (χ1v) is 7.89. The summed E-state index contributed by atoms with van der Waals surface area (Å²) in [5, 5.41) is 0.0856. The lowest BCUT2D eigenvalue weighted by Gasteiger charge is -2.15. The van der Waals surface area contributed by atoms with Crippen LogP contribution in [0.4, 0.5) is 8.78 Å². The number of hydrogen-bond donors (Lipinski definition) is 1. The molecule has 1 atom stereocenters. The normalized spacial score (nSPS) is 13.1. The van der Waals surface area contributed by atoms with Gasteiger partial charge in [-0.05, 0) is 36.8 Å². The standard InChI is InChI=1S/C14H12ClF2NO2S/c1-9(10-6-7-12(16)13(17)8-10)18-21(19,20)14-5-3-2-4-11(14)15/h2-9,18H,1H3/t9-/m0/s1. The van der Waals surface area contributed by atoms with Crippen LogP contribution in [0.15, 0.2) is 47.4 Å². The Bertz CT molecular complexity index is 765. The van der Waals surface area contributed by atoms with Crippen molar-refractivity contribution in [2.45, 2.75) is 17.9 Å². The molecule has 0 bridgehead atoms. The fraction of sp³-hybridized carbons (Fsp3) is 0.143. The average molecular weight is 332 g/mol. The molecule has 0 aliphatic heterocycles. The van der Waals surface area contributed by atoms with Crippen molar-refractivity contribution in [2.24, 2.45) is 0 Å². The third-order valence-corrected chi connectivity index (χ3v) is 4.94. The van der Waals surface area contributed by atoms with Crippen LogP contribution >= 0.6 is 11.6 Å². The Balaban J connectivity index is 2.28. The van der Waals surface area contributed by atoms with Crippen LogP contribution in [-0.4, -0.2) is 8.42 Å². The Labute approximate surface area is 126 Å². The van der Waals surface area contributed by atoms with E-state index in [0.717, 1.165) is 12.1 Å². The lowest BCUT2D eigenvalue weighted by atomic mass is 10.1. The number of rotatable bonds is 4. The third kappa shape index (κ3) is 3.58. The average Bonchev–Trinajstić information content (AvgIpc) is 2.41. The molecule has 0 fully saturated rings. The van der Waals surface area contributed by atoms with Crippen LogP contribution < -0.4 is 4.72 Å². The summed E-state index contributed by atoms with van der Waals surface area (Å²) in [7, 11) is -3.86. The number of sulfonamides is 1. The number of benzene rings is 2. The minimum atomic E-state index is -3.86. The van der Waals surface area contributed by atoms with Crippen molar-refractivity contribution < 1.29 is 17.2 Å². The lowest BCUT2D eigenvalue weighted by molar-refractivity contribution is 0.504. The summed E-state index contributed by atoms with van der Waals surface area (Å²) in [5.74, 6) is -2.02. The van der Waals surface area contributed by atoms with Gasteiger partial charge in [-0.25, -0.2) is 21.9 Å². The Hall–Kier alpha value is -1.50. The fourth-order valence-electron chi connectivity index (χ4n) is 1.81. The first kappa shape index (κ1) is 15.9. The van der Waals surface area contributed by atoms with Gasteiger partial charge in [0.05, 0.1) is 5.02 Å². The largest absolute Gasteiger partial charge is 0.242 e. The van der Waals surface area contributed by atoms with Crippen molar-refractivity contribution in [2.75, 3.05) is 0 Å². The van der Waals surface area contributed by atoms with E-state index < -0.39 is 27.7 Å². The monoisotopic (exact) mass is 331 g/mol. The van der Waals surface area contributed by atoms with Crippen molar-refractivity contribution in [1.82, 2.24) is 4.72 Å². The van der Waals surface area contributed by atoms with E-state index in [-0.39, 0.29) is 9.92 Å². The summed E-state index contributed by atoms with van der Waals surface area (Å²) < 4.78 is 52.9. The van der Waals surface area contributed by atoms with E-state index in [1.54, 1.807) is 12.1 Å². The minimum Gasteiger partial charge on any atom is -0.207 e. The highest BCUT2D eigenvalue weighted by molar-refractivity contribution is 7.89. The summed E-state index contributed by atoms with van der Waals surface area (Å²) in [5.41, 5.74) is 0.310. The van der Waals surface area contributed by atoms with E-state index in [1.165, 1.54) is 25.1 Å². The second-order valence-electron chi connectivity index (χ2n) is 4.45. The van der Waals surface area contributed by atoms with E-state index in [4.69, 9.17) is 11.6 Å². The predicted molar refractivity (Wildman–Crippen MR) is 76.5 cm³/mol. The molecule has 112 valence electrons. The molecule has 0 amide bonds. The molecule has 0 heterocycles. The minimum absolute atomic E-state index is 0.0684. The molecular formula is C14H12ClF2NO2S. The molecule has 0 spiro atoms. The predicted octanol–water partition coefficient (Wildman–Crippen LogP) is 3.66. The topological polar surface area (TPSA) is 46.2 Å². The summed E-state index contributed by atoms with van der Waals surface area (Å²) in [6, 6.07) is 8.46. The van der Waals surface area contributed by atoms with Crippen LogP contribution in [-0.2, 0) is 10.0 Å². The Morgan fingerprint density at radius 1 is 1.10 bits per heavy atom. The molecule has 2 aromatic carbocycles. The van der Waals surface area contributed by atoms with Crippen molar-refractivity contribution in [3.8, 4) is 0 Å². The second-order valence-corrected chi connectivity index (χ2v) is 6.54. The van der Waals surface area contributed by atoms with Gasteiger partial charge in [-0.1, -0.05) is 29.8 Å². The molecule has 2 rings (SSSR count). The third-order valence-electron chi connectivity index (χ3n) is 2.90. The summed E-state index contributed by atoms with van der Waals surface area (Å²) >= 11 is 5.86. The zero-order valence-electron chi connectivity index (χ0n) is 11.0. The Kier molecular flexibility index (Phi) is 4.61. The zero-order valence-corrected chi connectivity index (χ0v) is 12.5. The Morgan fingerprint density at radius 2 is 1.76 bits per heavy atom. The molecule has 2 aromatic rings. The van der Waals surface area contributed by atoms with Gasteiger partial charge >= 0.3 is 0 Å². The lowest BCUT2D eigenvalue weighted by Crippen LogP contribution is -2.27. The summed E-state index contributed by atoms with van der Waals surface area (Å²) in [6.45, 7) is 1.53. The van der Waals surface area contributed by atoms with Crippen LogP contribution in [0.3, 0.4) is 0 Å². The molecule has 3 nitrogen and oxygen atoms in total. The Morgan fingerprint density at radius 3 is 2.38 bits per heavy atom. The SMILES string of the molecule is C[C@H](NS(=O)(=O)c1ccccc1Cl)c1ccc(F)c(F)c1. The molecule has 0 aliphatic rings. The van der Waals surface area contributed by atoms with E-state index >= 15 is 0 Å². The van der Waals surface area contributed by atoms with Crippen molar-refractivity contribution in [3.63, 3.8) is 0 Å². The van der Waals surface area contributed by atoms with Gasteiger partial charge in [-0.3, -0.25) is 0 Å². The molecule has 0 saturated carbocycles. The van der Waals surface area contributed by atoms with Gasteiger partial charge < -0.3 is 0 Å². The van der Waals surface area contributed by atoms with Crippen molar-refractivity contribution in [3.05, 3.63) is 64.7 Å². The molecule has 21 heavy (non-hydrogen) atoms. The molecule has 0 saturated heterocycles. The summed E-state index contributed by atoms with van der Waals surface area (Å²) in [6.07, 6.45) is 0. The molecule has 1 N–H and O–H groups in total. The molecule has 0 unspecified atom stereocenters. The van der Waals surface area contributed by atoms with Gasteiger partial charge in [0.15, 0.2) is 11.6 Å². The van der Waals surface area contributed by atoms with Gasteiger partial charge in [0.2, 0.25) is 10.0 Å². The van der Waals surface area contributed by atoms with Gasteiger partial charge in [0.1, 0.15) is 4.90 Å². The van der Waals surface area contributed by atoms with Crippen molar-refractivity contribution in [1.29, 1.82) is 0 Å². The highest BCUT2D eigenvalue weighted by Crippen LogP contribution is 2.23. The van der Waals surface area contributed by atoms with Crippen LogP contribution in [0, 0.1) is 11.6 Å². The van der Waals surface area contributed by atoms with E-state index in [1.807, 2.05) is 0 Å². The number of halogens is 3. The highest BCUT2D eigenvalue weighted by Gasteiger charge is 2.21. The number of nitrogens with one attached hydrogen (secondary N) is 1. The first-order chi connectivity index (χ1) is 9.81. The molecule has 0 radical (unpaired) electrons. The van der Waals surface area contributed by atoms with E-state index in [9.17, 15) is 17.2 Å². The van der Waals surface area contributed by atoms with Crippen LogP contribution in [0.25, 0.3) is 0 Å². The molecule has 7 heteroatoms. The van der Waals surface area contributed by atoms with E-state index in [0.29, 0.717) is 5.56 Å². The van der Waals surface area contributed by atoms with Crippen molar-refractivity contribution >= 4 is 21.6 Å². The second kappa shape index (κ2) is 6.09. The maximum atomic E-state index is 13.2. The van der Waals surface area contributed by atoms with Gasteiger partial charge in [-0.2, -0.15) is 0 Å². The molecule has 0 aliphatic carbocycles. The quantitative estimate of drug-likeness (QED) is 0.929. The van der Waals surface area contributed by atoms with Crippen LogP contribution in [0.2, 0.25) is 5.02 Å². The smallest absolute Gasteiger partial charge is 0.207 e. The number of hydrogen-bond acceptors (Lipinski definition) is 2. The van der Waals surface area contributed by atoms with E-state index in [2.05, 4.69) is 4.72 Å². The zero-order chi connectivity index (χ0) is 15.6. The molecular weight excluding hydrogens is 320 g/mol. The van der Waals surface area contributed by atoms with Crippen LogP contribution in [0.5, 0.6) is 0 Å². The maximum Gasteiger partial charge on any atom is 0.242 e. The highest BCUT2D eigenvalue weighted by atomic mass is 35.5. The van der Waals surface area contributed by atoms with Gasteiger partial charge in [-0.15, -0.1) is 0 Å². The fourth-order valence-corrected chi connectivity index (χ4v) is 3.56. The van der Waals surface area contributed by atoms with Gasteiger partial charge in [0.25, 0.3) is 0 Å². The first-order valence-electron chi connectivity index (χ1n) is 6.03.